The number of aromatic nitrogens is 1. The van der Waals surface area contributed by atoms with Crippen LogP contribution in [0.5, 0.6) is 0 Å². The molecule has 0 aromatic carbocycles. The number of carbonyl (C=O) groups excluding carboxylic acids is 1. The van der Waals surface area contributed by atoms with Gasteiger partial charge in [-0.3, -0.25) is 9.69 Å². The number of rotatable bonds is 8. The van der Waals surface area contributed by atoms with E-state index in [0.29, 0.717) is 12.4 Å². The van der Waals surface area contributed by atoms with Crippen molar-refractivity contribution in [1.82, 2.24) is 10.1 Å². The highest BCUT2D eigenvalue weighted by atomic mass is 16.7. The fourth-order valence-corrected chi connectivity index (χ4v) is 3.94. The summed E-state index contributed by atoms with van der Waals surface area (Å²) in [7, 11) is 0. The van der Waals surface area contributed by atoms with Crippen LogP contribution in [-0.4, -0.2) is 54.0 Å². The van der Waals surface area contributed by atoms with Crippen molar-refractivity contribution >= 4 is 5.78 Å². The van der Waals surface area contributed by atoms with Gasteiger partial charge in [0, 0.05) is 18.1 Å². The standard InChI is InChI=1S/C22H36N2O4/c1-21(2,16-27-20-10-6-9-13-26-20)18-14-17(28-23-18)15-19(25)22(3,4)24-11-7-5-8-12-24/h14,20H,5-13,15-16H2,1-4H3. The molecule has 6 heteroatoms. The summed E-state index contributed by atoms with van der Waals surface area (Å²) in [6, 6.07) is 1.91. The molecule has 158 valence electrons. The zero-order valence-electron chi connectivity index (χ0n) is 18.0. The molecule has 0 spiro atoms. The predicted octanol–water partition coefficient (Wildman–Crippen LogP) is 3.87. The van der Waals surface area contributed by atoms with Gasteiger partial charge in [-0.1, -0.05) is 25.4 Å². The Morgan fingerprint density at radius 3 is 2.61 bits per heavy atom. The molecule has 28 heavy (non-hydrogen) atoms. The van der Waals surface area contributed by atoms with E-state index in [1.54, 1.807) is 0 Å². The first-order chi connectivity index (χ1) is 13.3. The van der Waals surface area contributed by atoms with E-state index in [1.807, 2.05) is 19.9 Å². The van der Waals surface area contributed by atoms with Gasteiger partial charge in [0.15, 0.2) is 12.1 Å². The van der Waals surface area contributed by atoms with Crippen LogP contribution in [0.4, 0.5) is 0 Å². The Morgan fingerprint density at radius 1 is 1.18 bits per heavy atom. The summed E-state index contributed by atoms with van der Waals surface area (Å²) in [6.07, 6.45) is 6.95. The first-order valence-electron chi connectivity index (χ1n) is 10.8. The monoisotopic (exact) mass is 392 g/mol. The predicted molar refractivity (Wildman–Crippen MR) is 107 cm³/mol. The van der Waals surface area contributed by atoms with Gasteiger partial charge in [-0.15, -0.1) is 0 Å². The SMILES string of the molecule is CC(C)(COC1CCCCO1)c1cc(CC(=O)C(C)(C)N2CCCCC2)on1. The second-order valence-electron chi connectivity index (χ2n) is 9.38. The zero-order chi connectivity index (χ0) is 20.2. The molecule has 1 unspecified atom stereocenters. The van der Waals surface area contributed by atoms with Gasteiger partial charge in [-0.25, -0.2) is 0 Å². The molecule has 0 aliphatic carbocycles. The molecule has 2 aliphatic rings. The third-order valence-electron chi connectivity index (χ3n) is 6.18. The van der Waals surface area contributed by atoms with Crippen molar-refractivity contribution in [2.24, 2.45) is 0 Å². The third-order valence-corrected chi connectivity index (χ3v) is 6.18. The Hall–Kier alpha value is -1.24. The first kappa shape index (κ1) is 21.5. The van der Waals surface area contributed by atoms with Gasteiger partial charge < -0.3 is 14.0 Å². The summed E-state index contributed by atoms with van der Waals surface area (Å²) in [5.74, 6) is 0.814. The van der Waals surface area contributed by atoms with Crippen LogP contribution in [0.15, 0.2) is 10.6 Å². The van der Waals surface area contributed by atoms with Gasteiger partial charge in [-0.2, -0.15) is 0 Å². The normalized spacial score (nSPS) is 22.4. The molecule has 6 nitrogen and oxygen atoms in total. The van der Waals surface area contributed by atoms with Crippen molar-refractivity contribution < 1.29 is 18.8 Å². The molecule has 3 rings (SSSR count). The van der Waals surface area contributed by atoms with Gasteiger partial charge in [-0.05, 0) is 59.0 Å². The Labute approximate surface area is 168 Å². The highest BCUT2D eigenvalue weighted by molar-refractivity contribution is 5.89. The summed E-state index contributed by atoms with van der Waals surface area (Å²) >= 11 is 0. The molecule has 0 N–H and O–H groups in total. The molecule has 2 aliphatic heterocycles. The maximum atomic E-state index is 13.0. The van der Waals surface area contributed by atoms with E-state index in [-0.39, 0.29) is 23.9 Å². The number of Topliss-reactive ketones (excluding diaryl/α,β-unsaturated/α-hetero) is 1. The topological polar surface area (TPSA) is 64.8 Å². The summed E-state index contributed by atoms with van der Waals surface area (Å²) in [6.45, 7) is 11.5. The van der Waals surface area contributed by atoms with Crippen LogP contribution in [0, 0.1) is 0 Å². The highest BCUT2D eigenvalue weighted by Gasteiger charge is 2.36. The van der Waals surface area contributed by atoms with Crippen LogP contribution in [0.2, 0.25) is 0 Å². The number of ether oxygens (including phenoxy) is 2. The lowest BCUT2D eigenvalue weighted by Crippen LogP contribution is -2.52. The zero-order valence-corrected chi connectivity index (χ0v) is 18.0. The molecule has 0 radical (unpaired) electrons. The lowest BCUT2D eigenvalue weighted by atomic mass is 9.89. The second kappa shape index (κ2) is 9.06. The number of piperidine rings is 1. The van der Waals surface area contributed by atoms with E-state index >= 15 is 0 Å². The first-order valence-corrected chi connectivity index (χ1v) is 10.8. The van der Waals surface area contributed by atoms with Gasteiger partial charge in [0.25, 0.3) is 0 Å². The average molecular weight is 393 g/mol. The van der Waals surface area contributed by atoms with E-state index < -0.39 is 5.54 Å². The minimum absolute atomic E-state index is 0.119. The van der Waals surface area contributed by atoms with Gasteiger partial charge in [0.2, 0.25) is 0 Å². The van der Waals surface area contributed by atoms with E-state index in [1.165, 1.54) is 19.3 Å². The number of likely N-dealkylation sites (tertiary alicyclic amines) is 1. The minimum atomic E-state index is -0.468. The Balaban J connectivity index is 1.56. The largest absolute Gasteiger partial charge is 0.361 e. The molecule has 2 fully saturated rings. The minimum Gasteiger partial charge on any atom is -0.361 e. The highest BCUT2D eigenvalue weighted by Crippen LogP contribution is 2.27. The molecule has 1 atom stereocenters. The fourth-order valence-electron chi connectivity index (χ4n) is 3.94. The summed E-state index contributed by atoms with van der Waals surface area (Å²) < 4.78 is 17.1. The number of carbonyl (C=O) groups is 1. The van der Waals surface area contributed by atoms with Gasteiger partial charge in [0.1, 0.15) is 5.76 Å². The van der Waals surface area contributed by atoms with Gasteiger partial charge in [0.05, 0.1) is 24.3 Å². The molecule has 2 saturated heterocycles. The van der Waals surface area contributed by atoms with Crippen LogP contribution in [0.3, 0.4) is 0 Å². The van der Waals surface area contributed by atoms with Crippen LogP contribution in [-0.2, 0) is 26.1 Å². The number of ketones is 1. The van der Waals surface area contributed by atoms with Crippen LogP contribution in [0.25, 0.3) is 0 Å². The number of nitrogens with zero attached hydrogens (tertiary/aromatic N) is 2. The van der Waals surface area contributed by atoms with E-state index in [0.717, 1.165) is 44.7 Å². The molecular formula is C22H36N2O4. The van der Waals surface area contributed by atoms with Crippen LogP contribution < -0.4 is 0 Å². The molecule has 0 saturated carbocycles. The maximum Gasteiger partial charge on any atom is 0.160 e. The van der Waals surface area contributed by atoms with Crippen molar-refractivity contribution in [2.45, 2.75) is 89.9 Å². The fraction of sp³-hybridized carbons (Fsp3) is 0.818. The van der Waals surface area contributed by atoms with Gasteiger partial charge >= 0.3 is 0 Å². The third kappa shape index (κ3) is 5.22. The smallest absolute Gasteiger partial charge is 0.160 e. The molecule has 1 aromatic rings. The summed E-state index contributed by atoms with van der Waals surface area (Å²) in [4.78, 5) is 15.3. The average Bonchev–Trinajstić information content (AvgIpc) is 3.17. The molecule has 0 amide bonds. The Kier molecular flexibility index (Phi) is 6.94. The van der Waals surface area contributed by atoms with Crippen LogP contribution in [0.1, 0.15) is 77.7 Å². The summed E-state index contributed by atoms with van der Waals surface area (Å²) in [5, 5.41) is 4.24. The van der Waals surface area contributed by atoms with Crippen LogP contribution >= 0.6 is 0 Å². The molecular weight excluding hydrogens is 356 g/mol. The Bertz CT molecular complexity index is 641. The molecule has 0 bridgehead atoms. The van der Waals surface area contributed by atoms with Crippen molar-refractivity contribution in [3.8, 4) is 0 Å². The van der Waals surface area contributed by atoms with E-state index in [9.17, 15) is 4.79 Å². The quantitative estimate of drug-likeness (QED) is 0.669. The van der Waals surface area contributed by atoms with Crippen molar-refractivity contribution in [3.63, 3.8) is 0 Å². The number of hydrogen-bond donors (Lipinski definition) is 0. The number of hydrogen-bond acceptors (Lipinski definition) is 6. The molecule has 1 aromatic heterocycles. The summed E-state index contributed by atoms with van der Waals surface area (Å²) in [5.41, 5.74) is 0.0556. The van der Waals surface area contributed by atoms with Crippen molar-refractivity contribution in [3.05, 3.63) is 17.5 Å². The second-order valence-corrected chi connectivity index (χ2v) is 9.38. The molecule has 3 heterocycles. The lowest BCUT2D eigenvalue weighted by Gasteiger charge is -2.39. The van der Waals surface area contributed by atoms with E-state index in [2.05, 4.69) is 23.9 Å². The van der Waals surface area contributed by atoms with Crippen molar-refractivity contribution in [1.29, 1.82) is 0 Å². The van der Waals surface area contributed by atoms with E-state index in [4.69, 9.17) is 14.0 Å². The lowest BCUT2D eigenvalue weighted by molar-refractivity contribution is -0.170. The maximum absolute atomic E-state index is 13.0. The Morgan fingerprint density at radius 2 is 1.93 bits per heavy atom. The van der Waals surface area contributed by atoms with Crippen molar-refractivity contribution in [2.75, 3.05) is 26.3 Å².